The number of benzene rings is 3. The van der Waals surface area contributed by atoms with Crippen LogP contribution in [0.5, 0.6) is 0 Å². The van der Waals surface area contributed by atoms with Crippen molar-refractivity contribution in [3.05, 3.63) is 83.1 Å². The molecule has 6 nitrogen and oxygen atoms in total. The standard InChI is InChI=1S/C24H21ClN4O2S/c1-16(30)26-13-12-23-27-28-24(29(23)21-10-8-20(25)9-11-21)32-15-22(31)19-7-6-17-4-2-3-5-18(17)14-19/h2-11,14H,12-13,15H2,1H3,(H,26,30). The topological polar surface area (TPSA) is 76.9 Å². The molecule has 1 aromatic heterocycles. The Morgan fingerprint density at radius 1 is 1.00 bits per heavy atom. The lowest BCUT2D eigenvalue weighted by Gasteiger charge is -2.11. The number of ketones is 1. The number of thioether (sulfide) groups is 1. The maximum atomic E-state index is 12.9. The van der Waals surface area contributed by atoms with Crippen LogP contribution in [0.1, 0.15) is 23.1 Å². The normalized spacial score (nSPS) is 10.9. The SMILES string of the molecule is CC(=O)NCCc1nnc(SCC(=O)c2ccc3ccccc3c2)n1-c1ccc(Cl)cc1. The van der Waals surface area contributed by atoms with Gasteiger partial charge in [-0.3, -0.25) is 14.2 Å². The second-order valence-electron chi connectivity index (χ2n) is 7.22. The summed E-state index contributed by atoms with van der Waals surface area (Å²) in [6, 6.07) is 21.0. The quantitative estimate of drug-likeness (QED) is 0.301. The highest BCUT2D eigenvalue weighted by Gasteiger charge is 2.17. The summed E-state index contributed by atoms with van der Waals surface area (Å²) >= 11 is 7.38. The molecule has 1 heterocycles. The van der Waals surface area contributed by atoms with Gasteiger partial charge in [-0.15, -0.1) is 10.2 Å². The molecule has 1 N–H and O–H groups in total. The number of carbonyl (C=O) groups is 2. The summed E-state index contributed by atoms with van der Waals surface area (Å²) in [5.74, 6) is 0.849. The maximum Gasteiger partial charge on any atom is 0.216 e. The predicted molar refractivity (Wildman–Crippen MR) is 128 cm³/mol. The number of nitrogens with zero attached hydrogens (tertiary/aromatic N) is 3. The Morgan fingerprint density at radius 3 is 2.50 bits per heavy atom. The first-order chi connectivity index (χ1) is 15.5. The summed E-state index contributed by atoms with van der Waals surface area (Å²) in [4.78, 5) is 24.1. The molecule has 0 aliphatic carbocycles. The fourth-order valence-corrected chi connectivity index (χ4v) is 4.32. The molecule has 0 saturated heterocycles. The van der Waals surface area contributed by atoms with E-state index in [1.54, 1.807) is 12.1 Å². The highest BCUT2D eigenvalue weighted by molar-refractivity contribution is 7.99. The first-order valence-corrected chi connectivity index (χ1v) is 11.5. The number of halogens is 1. The van der Waals surface area contributed by atoms with E-state index < -0.39 is 0 Å². The number of nitrogens with one attached hydrogen (secondary N) is 1. The van der Waals surface area contributed by atoms with Gasteiger partial charge < -0.3 is 5.32 Å². The van der Waals surface area contributed by atoms with E-state index in [-0.39, 0.29) is 17.4 Å². The van der Waals surface area contributed by atoms with Crippen molar-refractivity contribution in [3.8, 4) is 5.69 Å². The summed E-state index contributed by atoms with van der Waals surface area (Å²) in [6.45, 7) is 1.92. The highest BCUT2D eigenvalue weighted by Crippen LogP contribution is 2.25. The molecule has 0 radical (unpaired) electrons. The molecule has 0 fully saturated rings. The van der Waals surface area contributed by atoms with Crippen molar-refractivity contribution in [1.29, 1.82) is 0 Å². The monoisotopic (exact) mass is 464 g/mol. The number of Topliss-reactive ketones (excluding diaryl/α,β-unsaturated/α-hetero) is 1. The highest BCUT2D eigenvalue weighted by atomic mass is 35.5. The van der Waals surface area contributed by atoms with E-state index in [0.29, 0.717) is 34.5 Å². The smallest absolute Gasteiger partial charge is 0.216 e. The minimum atomic E-state index is -0.0989. The van der Waals surface area contributed by atoms with Crippen LogP contribution in [-0.2, 0) is 11.2 Å². The van der Waals surface area contributed by atoms with Gasteiger partial charge in [-0.25, -0.2) is 0 Å². The van der Waals surface area contributed by atoms with Crippen LogP contribution in [0.2, 0.25) is 5.02 Å². The fraction of sp³-hybridized carbons (Fsp3) is 0.167. The van der Waals surface area contributed by atoms with Gasteiger partial charge in [-0.05, 0) is 41.1 Å². The van der Waals surface area contributed by atoms with Crippen LogP contribution in [0.3, 0.4) is 0 Å². The molecule has 0 unspecified atom stereocenters. The number of amides is 1. The largest absolute Gasteiger partial charge is 0.356 e. The van der Waals surface area contributed by atoms with Crippen LogP contribution in [0.25, 0.3) is 16.5 Å². The summed E-state index contributed by atoms with van der Waals surface area (Å²) in [7, 11) is 0. The van der Waals surface area contributed by atoms with Gasteiger partial charge in [0.2, 0.25) is 5.91 Å². The zero-order valence-corrected chi connectivity index (χ0v) is 19.0. The van der Waals surface area contributed by atoms with Crippen LogP contribution in [0.15, 0.2) is 71.9 Å². The predicted octanol–water partition coefficient (Wildman–Crippen LogP) is 4.73. The van der Waals surface area contributed by atoms with Gasteiger partial charge in [-0.1, -0.05) is 59.8 Å². The zero-order chi connectivity index (χ0) is 22.5. The Morgan fingerprint density at radius 2 is 1.75 bits per heavy atom. The minimum absolute atomic E-state index is 0.0196. The Kier molecular flexibility index (Phi) is 6.87. The average molecular weight is 465 g/mol. The van der Waals surface area contributed by atoms with Gasteiger partial charge in [0.25, 0.3) is 0 Å². The molecule has 4 rings (SSSR count). The van der Waals surface area contributed by atoms with E-state index in [1.165, 1.54) is 18.7 Å². The summed E-state index contributed by atoms with van der Waals surface area (Å²) in [5.41, 5.74) is 1.51. The summed E-state index contributed by atoms with van der Waals surface area (Å²) < 4.78 is 1.90. The molecule has 0 saturated carbocycles. The third kappa shape index (κ3) is 5.18. The number of hydrogen-bond acceptors (Lipinski definition) is 5. The van der Waals surface area contributed by atoms with Gasteiger partial charge in [0.1, 0.15) is 5.82 Å². The molecule has 0 spiro atoms. The molecule has 32 heavy (non-hydrogen) atoms. The molecule has 0 aliphatic rings. The lowest BCUT2D eigenvalue weighted by molar-refractivity contribution is -0.118. The number of rotatable bonds is 8. The van der Waals surface area contributed by atoms with Crippen molar-refractivity contribution < 1.29 is 9.59 Å². The van der Waals surface area contributed by atoms with Crippen LogP contribution in [0, 0.1) is 0 Å². The van der Waals surface area contributed by atoms with Crippen molar-refractivity contribution >= 4 is 45.8 Å². The van der Waals surface area contributed by atoms with Crippen LogP contribution < -0.4 is 5.32 Å². The fourth-order valence-electron chi connectivity index (χ4n) is 3.33. The Bertz CT molecular complexity index is 1270. The van der Waals surface area contributed by atoms with Crippen LogP contribution >= 0.6 is 23.4 Å². The van der Waals surface area contributed by atoms with Crippen molar-refractivity contribution in [2.45, 2.75) is 18.5 Å². The summed E-state index contributed by atoms with van der Waals surface area (Å²) in [5, 5.41) is 14.8. The maximum absolute atomic E-state index is 12.9. The third-order valence-electron chi connectivity index (χ3n) is 4.91. The first-order valence-electron chi connectivity index (χ1n) is 10.1. The van der Waals surface area contributed by atoms with E-state index in [0.717, 1.165) is 16.5 Å². The van der Waals surface area contributed by atoms with Gasteiger partial charge in [0.15, 0.2) is 10.9 Å². The molecule has 4 aromatic rings. The Balaban J connectivity index is 1.55. The van der Waals surface area contributed by atoms with Crippen molar-refractivity contribution in [2.75, 3.05) is 12.3 Å². The molecule has 3 aromatic carbocycles. The van der Waals surface area contributed by atoms with Crippen molar-refractivity contribution in [2.24, 2.45) is 0 Å². The first kappa shape index (κ1) is 22.0. The van der Waals surface area contributed by atoms with E-state index in [2.05, 4.69) is 15.5 Å². The minimum Gasteiger partial charge on any atom is -0.356 e. The number of hydrogen-bond donors (Lipinski definition) is 1. The van der Waals surface area contributed by atoms with Gasteiger partial charge >= 0.3 is 0 Å². The van der Waals surface area contributed by atoms with Crippen LogP contribution in [-0.4, -0.2) is 38.8 Å². The Hall–Kier alpha value is -3.16. The van der Waals surface area contributed by atoms with Crippen LogP contribution in [0.4, 0.5) is 0 Å². The second kappa shape index (κ2) is 9.97. The van der Waals surface area contributed by atoms with E-state index in [9.17, 15) is 9.59 Å². The average Bonchev–Trinajstić information content (AvgIpc) is 3.20. The number of aromatic nitrogens is 3. The molecule has 0 atom stereocenters. The molecule has 0 bridgehead atoms. The van der Waals surface area contributed by atoms with Crippen molar-refractivity contribution in [3.63, 3.8) is 0 Å². The van der Waals surface area contributed by atoms with Gasteiger partial charge in [-0.2, -0.15) is 0 Å². The zero-order valence-electron chi connectivity index (χ0n) is 17.4. The number of fused-ring (bicyclic) bond motifs is 1. The van der Waals surface area contributed by atoms with Gasteiger partial charge in [0.05, 0.1) is 5.75 Å². The second-order valence-corrected chi connectivity index (χ2v) is 8.60. The third-order valence-corrected chi connectivity index (χ3v) is 6.09. The lowest BCUT2D eigenvalue weighted by atomic mass is 10.1. The molecule has 8 heteroatoms. The molecule has 162 valence electrons. The molecule has 0 aliphatic heterocycles. The summed E-state index contributed by atoms with van der Waals surface area (Å²) in [6.07, 6.45) is 0.508. The van der Waals surface area contributed by atoms with E-state index >= 15 is 0 Å². The number of carbonyl (C=O) groups excluding carboxylic acids is 2. The molecular weight excluding hydrogens is 444 g/mol. The van der Waals surface area contributed by atoms with E-state index in [4.69, 9.17) is 11.6 Å². The van der Waals surface area contributed by atoms with Gasteiger partial charge in [0, 0.05) is 36.2 Å². The molecular formula is C24H21ClN4O2S. The lowest BCUT2D eigenvalue weighted by Crippen LogP contribution is -2.23. The Labute approximate surface area is 195 Å². The van der Waals surface area contributed by atoms with E-state index in [1.807, 2.05) is 59.2 Å². The van der Waals surface area contributed by atoms with Crippen molar-refractivity contribution in [1.82, 2.24) is 20.1 Å². The molecule has 1 amide bonds.